The zero-order chi connectivity index (χ0) is 10.5. The maximum absolute atomic E-state index is 11.6. The molecule has 1 aromatic rings. The monoisotopic (exact) mass is 200 g/mol. The van der Waals surface area contributed by atoms with Crippen molar-refractivity contribution in [2.24, 2.45) is 0 Å². The van der Waals surface area contributed by atoms with Crippen molar-refractivity contribution in [2.45, 2.75) is 12.8 Å². The fourth-order valence-corrected chi connectivity index (χ4v) is 1.53. The van der Waals surface area contributed by atoms with Gasteiger partial charge >= 0.3 is 0 Å². The molecular weight excluding hydrogens is 188 g/mol. The zero-order valence-electron chi connectivity index (χ0n) is 8.44. The Morgan fingerprint density at radius 1 is 1.40 bits per heavy atom. The van der Waals surface area contributed by atoms with Gasteiger partial charge in [-0.05, 0) is 30.9 Å². The van der Waals surface area contributed by atoms with Crippen LogP contribution in [0.15, 0.2) is 24.5 Å². The molecule has 2 rings (SSSR count). The highest BCUT2D eigenvalue weighted by molar-refractivity contribution is 6.08. The van der Waals surface area contributed by atoms with Crippen LogP contribution >= 0.6 is 0 Å². The quantitative estimate of drug-likeness (QED) is 0.506. The first-order valence-corrected chi connectivity index (χ1v) is 5.07. The average Bonchev–Trinajstić information content (AvgIpc) is 2.80. The summed E-state index contributed by atoms with van der Waals surface area (Å²) in [6.45, 7) is 1.96. The second-order valence-electron chi connectivity index (χ2n) is 3.50. The van der Waals surface area contributed by atoms with Gasteiger partial charge in [-0.25, -0.2) is 0 Å². The summed E-state index contributed by atoms with van der Waals surface area (Å²) in [5, 5.41) is 0. The Kier molecular flexibility index (Phi) is 2.99. The predicted octanol–water partition coefficient (Wildman–Crippen LogP) is 1.32. The van der Waals surface area contributed by atoms with Gasteiger partial charge < -0.3 is 4.90 Å². The number of hydrogen-bond acceptors (Lipinski definition) is 3. The predicted molar refractivity (Wildman–Crippen MR) is 57.2 cm³/mol. The Morgan fingerprint density at radius 2 is 2.20 bits per heavy atom. The number of aromatic nitrogens is 1. The van der Waals surface area contributed by atoms with Gasteiger partial charge in [-0.2, -0.15) is 0 Å². The highest BCUT2D eigenvalue weighted by Gasteiger charge is 2.07. The van der Waals surface area contributed by atoms with Crippen LogP contribution in [0, 0.1) is 12.0 Å². The number of ketones is 1. The summed E-state index contributed by atoms with van der Waals surface area (Å²) in [6, 6.07) is 6.36. The van der Waals surface area contributed by atoms with E-state index >= 15 is 0 Å². The largest absolute Gasteiger partial charge is 0.332 e. The molecule has 3 nitrogen and oxygen atoms in total. The van der Waals surface area contributed by atoms with Crippen molar-refractivity contribution in [3.63, 3.8) is 0 Å². The minimum atomic E-state index is -0.157. The maximum atomic E-state index is 11.6. The molecule has 2 heterocycles. The first-order valence-electron chi connectivity index (χ1n) is 5.07. The van der Waals surface area contributed by atoms with Gasteiger partial charge in [0.15, 0.2) is 0 Å². The van der Waals surface area contributed by atoms with Gasteiger partial charge in [-0.3, -0.25) is 9.78 Å². The molecule has 0 amide bonds. The molecule has 1 aliphatic heterocycles. The topological polar surface area (TPSA) is 33.2 Å². The summed E-state index contributed by atoms with van der Waals surface area (Å²) in [6.07, 6.45) is 5.54. The van der Waals surface area contributed by atoms with Crippen LogP contribution in [0.1, 0.15) is 23.2 Å². The minimum Gasteiger partial charge on any atom is -0.332 e. The van der Waals surface area contributed by atoms with Crippen molar-refractivity contribution in [1.29, 1.82) is 0 Å². The third-order valence-corrected chi connectivity index (χ3v) is 2.36. The molecule has 0 radical (unpaired) electrons. The molecule has 1 aromatic heterocycles. The number of nitrogens with zero attached hydrogens (tertiary/aromatic N) is 2. The van der Waals surface area contributed by atoms with Crippen LogP contribution in [-0.2, 0) is 0 Å². The Bertz CT molecular complexity index is 397. The molecule has 0 unspecified atom stereocenters. The Labute approximate surface area is 89.1 Å². The highest BCUT2D eigenvalue weighted by Crippen LogP contribution is 2.05. The van der Waals surface area contributed by atoms with Crippen LogP contribution in [0.25, 0.3) is 0 Å². The van der Waals surface area contributed by atoms with Crippen LogP contribution in [0.2, 0.25) is 0 Å². The van der Waals surface area contributed by atoms with E-state index in [0.29, 0.717) is 5.56 Å². The van der Waals surface area contributed by atoms with E-state index in [9.17, 15) is 4.79 Å². The number of carbonyl (C=O) groups excluding carboxylic acids is 1. The Morgan fingerprint density at radius 3 is 2.87 bits per heavy atom. The summed E-state index contributed by atoms with van der Waals surface area (Å²) >= 11 is 0. The number of hydrogen-bond donors (Lipinski definition) is 0. The van der Waals surface area contributed by atoms with Gasteiger partial charge in [0, 0.05) is 37.1 Å². The van der Waals surface area contributed by atoms with Crippen LogP contribution < -0.4 is 0 Å². The van der Waals surface area contributed by atoms with E-state index in [4.69, 9.17) is 0 Å². The van der Waals surface area contributed by atoms with Crippen LogP contribution in [0.3, 0.4) is 0 Å². The fraction of sp³-hybridized carbons (Fsp3) is 0.333. The van der Waals surface area contributed by atoms with Crippen molar-refractivity contribution in [3.05, 3.63) is 30.1 Å². The number of Topliss-reactive ketones (excluding diaryl/α,β-unsaturated/α-hetero) is 1. The molecule has 0 saturated carbocycles. The zero-order valence-corrected chi connectivity index (χ0v) is 8.44. The number of likely N-dealkylation sites (tertiary alicyclic amines) is 1. The van der Waals surface area contributed by atoms with Crippen LogP contribution in [-0.4, -0.2) is 28.8 Å². The average molecular weight is 200 g/mol. The Balaban J connectivity index is 2.03. The first-order chi connectivity index (χ1) is 7.36. The minimum absolute atomic E-state index is 0.157. The lowest BCUT2D eigenvalue weighted by Gasteiger charge is -2.04. The molecule has 1 saturated heterocycles. The third kappa shape index (κ3) is 2.57. The molecule has 76 valence electrons. The lowest BCUT2D eigenvalue weighted by atomic mass is 10.2. The van der Waals surface area contributed by atoms with E-state index in [-0.39, 0.29) is 5.78 Å². The van der Waals surface area contributed by atoms with Crippen LogP contribution in [0.4, 0.5) is 0 Å². The smallest absolute Gasteiger partial charge is 0.239 e. The Hall–Kier alpha value is -1.82. The summed E-state index contributed by atoms with van der Waals surface area (Å²) in [4.78, 5) is 17.4. The van der Waals surface area contributed by atoms with Crippen LogP contribution in [0.5, 0.6) is 0 Å². The first kappa shape index (κ1) is 9.72. The molecule has 0 aromatic carbocycles. The van der Waals surface area contributed by atoms with Crippen molar-refractivity contribution >= 4 is 5.78 Å². The van der Waals surface area contributed by atoms with Gasteiger partial charge in [-0.1, -0.05) is 0 Å². The number of carbonyl (C=O) groups is 1. The highest BCUT2D eigenvalue weighted by atomic mass is 16.1. The summed E-state index contributed by atoms with van der Waals surface area (Å²) in [7, 11) is 0. The molecule has 1 fully saturated rings. The molecule has 0 spiro atoms. The van der Waals surface area contributed by atoms with E-state index in [1.807, 2.05) is 4.90 Å². The number of pyridine rings is 1. The van der Waals surface area contributed by atoms with Gasteiger partial charge in [0.1, 0.15) is 0 Å². The van der Waals surface area contributed by atoms with Crippen molar-refractivity contribution < 1.29 is 4.79 Å². The molecule has 0 bridgehead atoms. The second kappa shape index (κ2) is 4.61. The van der Waals surface area contributed by atoms with Gasteiger partial charge in [0.25, 0.3) is 0 Å². The van der Waals surface area contributed by atoms with E-state index in [1.165, 1.54) is 12.8 Å². The standard InChI is InChI=1S/C12H12N2O/c15-12(11-4-3-6-13-10-11)5-9-14-7-1-2-8-14/h3-4,6,10H,1-2,7-8H2. The van der Waals surface area contributed by atoms with E-state index < -0.39 is 0 Å². The summed E-state index contributed by atoms with van der Waals surface area (Å²) < 4.78 is 0. The van der Waals surface area contributed by atoms with Crippen molar-refractivity contribution in [2.75, 3.05) is 13.1 Å². The van der Waals surface area contributed by atoms with Gasteiger partial charge in [-0.15, -0.1) is 0 Å². The molecule has 0 atom stereocenters. The summed E-state index contributed by atoms with van der Waals surface area (Å²) in [5.74, 6) is 2.48. The van der Waals surface area contributed by atoms with Gasteiger partial charge in [0.2, 0.25) is 5.78 Å². The molecule has 3 heteroatoms. The van der Waals surface area contributed by atoms with Crippen molar-refractivity contribution in [3.8, 4) is 12.0 Å². The second-order valence-corrected chi connectivity index (χ2v) is 3.50. The lowest BCUT2D eigenvalue weighted by molar-refractivity contribution is 0.105. The fourth-order valence-electron chi connectivity index (χ4n) is 1.53. The van der Waals surface area contributed by atoms with Crippen molar-refractivity contribution in [1.82, 2.24) is 9.88 Å². The third-order valence-electron chi connectivity index (χ3n) is 2.36. The molecule has 0 aliphatic carbocycles. The lowest BCUT2D eigenvalue weighted by Crippen LogP contribution is -2.12. The molecule has 1 aliphatic rings. The van der Waals surface area contributed by atoms with E-state index in [0.717, 1.165) is 13.1 Å². The molecular formula is C12H12N2O. The summed E-state index contributed by atoms with van der Waals surface area (Å²) in [5.41, 5.74) is 0.559. The normalized spacial score (nSPS) is 14.5. The number of rotatable bonds is 1. The molecule has 0 N–H and O–H groups in total. The maximum Gasteiger partial charge on any atom is 0.239 e. The SMILES string of the molecule is O=C(C#CN1CCCC1)c1cccnc1. The van der Waals surface area contributed by atoms with E-state index in [1.54, 1.807) is 24.5 Å². The van der Waals surface area contributed by atoms with E-state index in [2.05, 4.69) is 16.9 Å². The van der Waals surface area contributed by atoms with Gasteiger partial charge in [0.05, 0.1) is 0 Å². The molecule has 15 heavy (non-hydrogen) atoms.